The van der Waals surface area contributed by atoms with E-state index < -0.39 is 0 Å². The molecular formula is C10H10O2. The lowest BCUT2D eigenvalue weighted by molar-refractivity contribution is 0.0987. The summed E-state index contributed by atoms with van der Waals surface area (Å²) in [4.78, 5) is 10.8. The number of carbonyl (C=O) groups is 1. The molecule has 2 heteroatoms. The van der Waals surface area contributed by atoms with Crippen molar-refractivity contribution in [2.75, 3.05) is 0 Å². The zero-order valence-electron chi connectivity index (χ0n) is 7.18. The van der Waals surface area contributed by atoms with Crippen molar-refractivity contribution < 1.29 is 9.21 Å². The van der Waals surface area contributed by atoms with Crippen LogP contribution >= 0.6 is 0 Å². The molecule has 0 bridgehead atoms. The summed E-state index contributed by atoms with van der Waals surface area (Å²) in [6.07, 6.45) is 0. The Labute approximate surface area is 71.2 Å². The summed E-state index contributed by atoms with van der Waals surface area (Å²) in [5.74, 6) is 0.952. The fraction of sp³-hybridized carbons (Fsp3) is 0.200. The highest BCUT2D eigenvalue weighted by Gasteiger charge is 2.06. The Balaban J connectivity index is 3.07. The van der Waals surface area contributed by atoms with Crippen LogP contribution in [0.25, 0.3) is 5.57 Å². The van der Waals surface area contributed by atoms with Gasteiger partial charge in [0.1, 0.15) is 5.76 Å². The second kappa shape index (κ2) is 3.24. The minimum atomic E-state index is -0.0712. The molecular weight excluding hydrogens is 152 g/mol. The summed E-state index contributed by atoms with van der Waals surface area (Å²) in [5.41, 5.74) is 3.50. The van der Waals surface area contributed by atoms with Crippen molar-refractivity contribution in [1.29, 1.82) is 0 Å². The molecule has 0 aromatic carbocycles. The minimum Gasteiger partial charge on any atom is -0.453 e. The maximum Gasteiger partial charge on any atom is 0.194 e. The van der Waals surface area contributed by atoms with E-state index in [0.29, 0.717) is 11.5 Å². The lowest BCUT2D eigenvalue weighted by Crippen LogP contribution is -1.86. The molecule has 0 fully saturated rings. The van der Waals surface area contributed by atoms with Gasteiger partial charge in [-0.2, -0.15) is 0 Å². The number of ketones is 1. The van der Waals surface area contributed by atoms with Gasteiger partial charge in [0.05, 0.1) is 0 Å². The van der Waals surface area contributed by atoms with Crippen molar-refractivity contribution in [2.45, 2.75) is 13.8 Å². The normalized spacial score (nSPS) is 9.17. The van der Waals surface area contributed by atoms with Gasteiger partial charge in [-0.15, -0.1) is 5.73 Å². The van der Waals surface area contributed by atoms with E-state index in [-0.39, 0.29) is 5.78 Å². The molecule has 0 aliphatic carbocycles. The van der Waals surface area contributed by atoms with Crippen molar-refractivity contribution in [1.82, 2.24) is 0 Å². The van der Waals surface area contributed by atoms with Gasteiger partial charge >= 0.3 is 0 Å². The van der Waals surface area contributed by atoms with Gasteiger partial charge in [0.2, 0.25) is 0 Å². The Bertz CT molecular complexity index is 352. The molecule has 2 nitrogen and oxygen atoms in total. The predicted molar refractivity (Wildman–Crippen MR) is 46.9 cm³/mol. The first-order valence-corrected chi connectivity index (χ1v) is 3.63. The van der Waals surface area contributed by atoms with Crippen LogP contribution in [0.4, 0.5) is 0 Å². The van der Waals surface area contributed by atoms with Gasteiger partial charge in [0.25, 0.3) is 0 Å². The first kappa shape index (κ1) is 8.57. The molecule has 1 aromatic heterocycles. The van der Waals surface area contributed by atoms with Crippen LogP contribution < -0.4 is 0 Å². The zero-order chi connectivity index (χ0) is 9.14. The van der Waals surface area contributed by atoms with E-state index in [1.54, 1.807) is 12.1 Å². The van der Waals surface area contributed by atoms with Crippen molar-refractivity contribution in [2.24, 2.45) is 0 Å². The van der Waals surface area contributed by atoms with Crippen LogP contribution in [0, 0.1) is 0 Å². The standard InChI is InChI=1S/C10H10O2/c1-4-7(2)9-5-6-10(12-9)8(3)11/h5-6H,1H2,2-3H3. The summed E-state index contributed by atoms with van der Waals surface area (Å²) in [6.45, 7) is 6.78. The van der Waals surface area contributed by atoms with E-state index in [4.69, 9.17) is 4.42 Å². The van der Waals surface area contributed by atoms with Crippen molar-refractivity contribution in [3.05, 3.63) is 36.0 Å². The highest BCUT2D eigenvalue weighted by atomic mass is 16.3. The number of hydrogen-bond acceptors (Lipinski definition) is 2. The molecule has 0 unspecified atom stereocenters. The van der Waals surface area contributed by atoms with Crippen molar-refractivity contribution in [3.8, 4) is 0 Å². The predicted octanol–water partition coefficient (Wildman–Crippen LogP) is 2.67. The summed E-state index contributed by atoms with van der Waals surface area (Å²) >= 11 is 0. The third-order valence-electron chi connectivity index (χ3n) is 1.59. The van der Waals surface area contributed by atoms with Gasteiger partial charge in [-0.05, 0) is 19.1 Å². The Morgan fingerprint density at radius 2 is 2.00 bits per heavy atom. The van der Waals surface area contributed by atoms with Gasteiger partial charge in [0, 0.05) is 12.5 Å². The summed E-state index contributed by atoms with van der Waals surface area (Å²) in [5, 5.41) is 0. The van der Waals surface area contributed by atoms with Crippen LogP contribution in [-0.4, -0.2) is 5.78 Å². The molecule has 1 heterocycles. The lowest BCUT2D eigenvalue weighted by atomic mass is 10.2. The maximum absolute atomic E-state index is 10.8. The minimum absolute atomic E-state index is 0.0712. The molecule has 1 rings (SSSR count). The number of carbonyl (C=O) groups excluding carboxylic acids is 1. The Morgan fingerprint density at radius 1 is 1.42 bits per heavy atom. The molecule has 0 aliphatic heterocycles. The molecule has 0 aliphatic rings. The fourth-order valence-corrected chi connectivity index (χ4v) is 0.816. The van der Waals surface area contributed by atoms with Crippen LogP contribution in [0.3, 0.4) is 0 Å². The highest BCUT2D eigenvalue weighted by Crippen LogP contribution is 2.16. The van der Waals surface area contributed by atoms with E-state index >= 15 is 0 Å². The van der Waals surface area contributed by atoms with Crippen LogP contribution in [0.1, 0.15) is 30.2 Å². The van der Waals surface area contributed by atoms with Crippen LogP contribution in [0.15, 0.2) is 28.9 Å². The first-order chi connectivity index (χ1) is 5.65. The Hall–Kier alpha value is -1.53. The number of rotatable bonds is 2. The molecule has 0 saturated heterocycles. The molecule has 0 radical (unpaired) electrons. The number of Topliss-reactive ketones (excluding diaryl/α,β-unsaturated/α-hetero) is 1. The van der Waals surface area contributed by atoms with Crippen molar-refractivity contribution >= 4 is 11.4 Å². The molecule has 12 heavy (non-hydrogen) atoms. The number of furan rings is 1. The van der Waals surface area contributed by atoms with Gasteiger partial charge in [-0.3, -0.25) is 4.79 Å². The van der Waals surface area contributed by atoms with Gasteiger partial charge < -0.3 is 4.42 Å². The quantitative estimate of drug-likeness (QED) is 0.494. The summed E-state index contributed by atoms with van der Waals surface area (Å²) < 4.78 is 5.21. The van der Waals surface area contributed by atoms with Crippen molar-refractivity contribution in [3.63, 3.8) is 0 Å². The third-order valence-corrected chi connectivity index (χ3v) is 1.59. The molecule has 0 saturated carbocycles. The van der Waals surface area contributed by atoms with Gasteiger partial charge in [-0.25, -0.2) is 0 Å². The molecule has 1 aromatic rings. The largest absolute Gasteiger partial charge is 0.453 e. The van der Waals surface area contributed by atoms with E-state index in [1.807, 2.05) is 6.92 Å². The van der Waals surface area contributed by atoms with Crippen LogP contribution in [-0.2, 0) is 0 Å². The van der Waals surface area contributed by atoms with E-state index in [0.717, 1.165) is 5.57 Å². The third kappa shape index (κ3) is 1.55. The molecule has 62 valence electrons. The number of hydrogen-bond donors (Lipinski definition) is 0. The smallest absolute Gasteiger partial charge is 0.194 e. The second-order valence-corrected chi connectivity index (χ2v) is 2.52. The van der Waals surface area contributed by atoms with E-state index in [2.05, 4.69) is 12.3 Å². The summed E-state index contributed by atoms with van der Waals surface area (Å²) in [6, 6.07) is 3.39. The average molecular weight is 162 g/mol. The Kier molecular flexibility index (Phi) is 2.32. The SMILES string of the molecule is C=C=C(C)c1ccc(C(C)=O)o1. The van der Waals surface area contributed by atoms with E-state index in [9.17, 15) is 4.79 Å². The fourth-order valence-electron chi connectivity index (χ4n) is 0.816. The molecule has 0 spiro atoms. The maximum atomic E-state index is 10.8. The topological polar surface area (TPSA) is 30.2 Å². The highest BCUT2D eigenvalue weighted by molar-refractivity contribution is 5.91. The van der Waals surface area contributed by atoms with Crippen LogP contribution in [0.5, 0.6) is 0 Å². The molecule has 0 N–H and O–H groups in total. The first-order valence-electron chi connectivity index (χ1n) is 3.63. The molecule has 0 amide bonds. The average Bonchev–Trinajstić information content (AvgIpc) is 2.51. The second-order valence-electron chi connectivity index (χ2n) is 2.52. The zero-order valence-corrected chi connectivity index (χ0v) is 7.18. The Morgan fingerprint density at radius 3 is 2.42 bits per heavy atom. The van der Waals surface area contributed by atoms with Gasteiger partial charge in [-0.1, -0.05) is 6.58 Å². The lowest BCUT2D eigenvalue weighted by Gasteiger charge is -1.90. The van der Waals surface area contributed by atoms with Crippen LogP contribution in [0.2, 0.25) is 0 Å². The van der Waals surface area contributed by atoms with Gasteiger partial charge in [0.15, 0.2) is 11.5 Å². The molecule has 0 atom stereocenters. The number of allylic oxidation sites excluding steroid dienone is 1. The monoisotopic (exact) mass is 162 g/mol. The van der Waals surface area contributed by atoms with E-state index in [1.165, 1.54) is 6.92 Å². The summed E-state index contributed by atoms with van der Waals surface area (Å²) in [7, 11) is 0.